The van der Waals surface area contributed by atoms with Crippen molar-refractivity contribution in [1.82, 2.24) is 0 Å². The molecule has 136 valence electrons. The van der Waals surface area contributed by atoms with Gasteiger partial charge in [-0.2, -0.15) is 0 Å². The Labute approximate surface area is 153 Å². The molecule has 0 heterocycles. The molecule has 0 aliphatic heterocycles. The Hall–Kier alpha value is -2.95. The summed E-state index contributed by atoms with van der Waals surface area (Å²) in [6.07, 6.45) is 0.423. The van der Waals surface area contributed by atoms with Crippen molar-refractivity contribution < 1.29 is 19.1 Å². The van der Waals surface area contributed by atoms with Crippen LogP contribution in [0.4, 0.5) is 5.69 Å². The highest BCUT2D eigenvalue weighted by Crippen LogP contribution is 2.20. The lowest BCUT2D eigenvalue weighted by molar-refractivity contribution is -0.123. The number of hydrogen-bond donors (Lipinski definition) is 1. The summed E-state index contributed by atoms with van der Waals surface area (Å²) in [7, 11) is 0. The summed E-state index contributed by atoms with van der Waals surface area (Å²) < 4.78 is 5.33. The second-order valence-corrected chi connectivity index (χ2v) is 6.98. The molecule has 1 N–H and O–H groups in total. The summed E-state index contributed by atoms with van der Waals surface area (Å²) in [6, 6.07) is 13.0. The first-order chi connectivity index (χ1) is 12.2. The van der Waals surface area contributed by atoms with Crippen LogP contribution < -0.4 is 10.1 Å². The lowest BCUT2D eigenvalue weighted by Crippen LogP contribution is -2.27. The lowest BCUT2D eigenvalue weighted by Gasteiger charge is -2.17. The number of Topliss-reactive ketones (excluding diaryl/α,β-unsaturated/α-hetero) is 1. The first-order valence-electron chi connectivity index (χ1n) is 8.47. The molecule has 0 radical (unpaired) electrons. The van der Waals surface area contributed by atoms with Crippen molar-refractivity contribution in [3.8, 4) is 5.75 Å². The van der Waals surface area contributed by atoms with E-state index in [0.29, 0.717) is 29.0 Å². The summed E-state index contributed by atoms with van der Waals surface area (Å²) in [4.78, 5) is 36.0. The fraction of sp³-hybridized carbons (Fsp3) is 0.286. The zero-order valence-electron chi connectivity index (χ0n) is 15.5. The first kappa shape index (κ1) is 19.4. The zero-order valence-corrected chi connectivity index (χ0v) is 15.5. The minimum atomic E-state index is -0.536. The molecule has 0 saturated carbocycles. The second-order valence-electron chi connectivity index (χ2n) is 6.98. The SMILES string of the molecule is CCC(=O)c1ccc(OC(=O)c2cccc(NC(=O)C(C)(C)C)c2)cc1. The topological polar surface area (TPSA) is 72.5 Å². The van der Waals surface area contributed by atoms with Crippen LogP contribution >= 0.6 is 0 Å². The van der Waals surface area contributed by atoms with Gasteiger partial charge in [-0.3, -0.25) is 9.59 Å². The highest BCUT2D eigenvalue weighted by molar-refractivity contribution is 5.97. The van der Waals surface area contributed by atoms with Gasteiger partial charge in [-0.25, -0.2) is 4.79 Å². The smallest absolute Gasteiger partial charge is 0.343 e. The summed E-state index contributed by atoms with van der Waals surface area (Å²) in [6.45, 7) is 7.23. The van der Waals surface area contributed by atoms with Gasteiger partial charge in [-0.1, -0.05) is 33.8 Å². The minimum absolute atomic E-state index is 0.0326. The van der Waals surface area contributed by atoms with E-state index in [-0.39, 0.29) is 11.7 Å². The second kappa shape index (κ2) is 7.95. The third-order valence-corrected chi connectivity index (χ3v) is 3.75. The predicted molar refractivity (Wildman–Crippen MR) is 101 cm³/mol. The first-order valence-corrected chi connectivity index (χ1v) is 8.47. The summed E-state index contributed by atoms with van der Waals surface area (Å²) in [5.74, 6) is -0.289. The van der Waals surface area contributed by atoms with Crippen LogP contribution in [0, 0.1) is 5.41 Å². The lowest BCUT2D eigenvalue weighted by atomic mass is 9.95. The molecule has 0 aromatic heterocycles. The van der Waals surface area contributed by atoms with Crippen LogP contribution in [-0.2, 0) is 4.79 Å². The highest BCUT2D eigenvalue weighted by atomic mass is 16.5. The normalized spacial score (nSPS) is 10.9. The van der Waals surface area contributed by atoms with Gasteiger partial charge >= 0.3 is 5.97 Å². The molecule has 0 saturated heterocycles. The Bertz CT molecular complexity index is 817. The molecule has 0 spiro atoms. The Morgan fingerprint density at radius 3 is 2.19 bits per heavy atom. The summed E-state index contributed by atoms with van der Waals surface area (Å²) >= 11 is 0. The van der Waals surface area contributed by atoms with Gasteiger partial charge in [-0.15, -0.1) is 0 Å². The summed E-state index contributed by atoms with van der Waals surface area (Å²) in [5, 5.41) is 2.78. The average Bonchev–Trinajstić information content (AvgIpc) is 2.61. The third kappa shape index (κ3) is 5.02. The van der Waals surface area contributed by atoms with Gasteiger partial charge in [0.2, 0.25) is 5.91 Å². The quantitative estimate of drug-likeness (QED) is 0.488. The number of nitrogens with one attached hydrogen (secondary N) is 1. The largest absolute Gasteiger partial charge is 0.423 e. The molecule has 0 bridgehead atoms. The van der Waals surface area contributed by atoms with Crippen molar-refractivity contribution in [2.75, 3.05) is 5.32 Å². The number of rotatable bonds is 5. The van der Waals surface area contributed by atoms with Gasteiger partial charge in [0.05, 0.1) is 5.56 Å². The Morgan fingerprint density at radius 2 is 1.62 bits per heavy atom. The van der Waals surface area contributed by atoms with E-state index in [1.54, 1.807) is 55.5 Å². The molecular formula is C21H23NO4. The van der Waals surface area contributed by atoms with Crippen LogP contribution in [-0.4, -0.2) is 17.7 Å². The molecule has 5 nitrogen and oxygen atoms in total. The third-order valence-electron chi connectivity index (χ3n) is 3.75. The van der Waals surface area contributed by atoms with E-state index in [2.05, 4.69) is 5.32 Å². The number of anilines is 1. The zero-order chi connectivity index (χ0) is 19.3. The molecule has 0 aliphatic rings. The van der Waals surface area contributed by atoms with E-state index in [4.69, 9.17) is 4.74 Å². The number of hydrogen-bond acceptors (Lipinski definition) is 4. The molecule has 0 unspecified atom stereocenters. The van der Waals surface area contributed by atoms with E-state index in [1.165, 1.54) is 0 Å². The van der Waals surface area contributed by atoms with Crippen molar-refractivity contribution in [3.05, 3.63) is 59.7 Å². The van der Waals surface area contributed by atoms with E-state index in [9.17, 15) is 14.4 Å². The number of carbonyl (C=O) groups is 3. The number of ether oxygens (including phenoxy) is 1. The number of ketones is 1. The van der Waals surface area contributed by atoms with Gasteiger partial charge in [0.1, 0.15) is 5.75 Å². The Morgan fingerprint density at radius 1 is 0.962 bits per heavy atom. The van der Waals surface area contributed by atoms with Crippen molar-refractivity contribution in [1.29, 1.82) is 0 Å². The monoisotopic (exact) mass is 353 g/mol. The molecule has 26 heavy (non-hydrogen) atoms. The average molecular weight is 353 g/mol. The molecule has 2 rings (SSSR count). The molecule has 2 aromatic carbocycles. The van der Waals surface area contributed by atoms with Gasteiger partial charge in [0.25, 0.3) is 0 Å². The standard InChI is InChI=1S/C21H23NO4/c1-5-18(23)14-9-11-17(12-10-14)26-19(24)15-7-6-8-16(13-15)22-20(25)21(2,3)4/h6-13H,5H2,1-4H3,(H,22,25). The van der Waals surface area contributed by atoms with Crippen molar-refractivity contribution >= 4 is 23.3 Å². The molecule has 0 fully saturated rings. The maximum Gasteiger partial charge on any atom is 0.343 e. The number of benzene rings is 2. The Balaban J connectivity index is 2.09. The van der Waals surface area contributed by atoms with Crippen LogP contribution in [0.1, 0.15) is 54.8 Å². The summed E-state index contributed by atoms with van der Waals surface area (Å²) in [5.41, 5.74) is 0.904. The van der Waals surface area contributed by atoms with Gasteiger partial charge in [0, 0.05) is 23.1 Å². The van der Waals surface area contributed by atoms with Crippen molar-refractivity contribution in [3.63, 3.8) is 0 Å². The molecule has 0 atom stereocenters. The Kier molecular flexibility index (Phi) is 5.93. The maximum absolute atomic E-state index is 12.3. The van der Waals surface area contributed by atoms with Crippen LogP contribution in [0.15, 0.2) is 48.5 Å². The van der Waals surface area contributed by atoms with Gasteiger partial charge in [-0.05, 0) is 42.5 Å². The maximum atomic E-state index is 12.3. The van der Waals surface area contributed by atoms with Crippen LogP contribution in [0.25, 0.3) is 0 Å². The number of esters is 1. The molecule has 1 amide bonds. The number of amides is 1. The van der Waals surface area contributed by atoms with E-state index in [0.717, 1.165) is 0 Å². The fourth-order valence-corrected chi connectivity index (χ4v) is 2.12. The van der Waals surface area contributed by atoms with Gasteiger partial charge in [0.15, 0.2) is 5.78 Å². The van der Waals surface area contributed by atoms with Crippen LogP contribution in [0.5, 0.6) is 5.75 Å². The molecular weight excluding hydrogens is 330 g/mol. The molecule has 2 aromatic rings. The molecule has 5 heteroatoms. The predicted octanol–water partition coefficient (Wildman–Crippen LogP) is 4.48. The highest BCUT2D eigenvalue weighted by Gasteiger charge is 2.21. The van der Waals surface area contributed by atoms with Crippen LogP contribution in [0.3, 0.4) is 0 Å². The van der Waals surface area contributed by atoms with E-state index < -0.39 is 11.4 Å². The van der Waals surface area contributed by atoms with Gasteiger partial charge < -0.3 is 10.1 Å². The van der Waals surface area contributed by atoms with Crippen molar-refractivity contribution in [2.24, 2.45) is 5.41 Å². The fourth-order valence-electron chi connectivity index (χ4n) is 2.12. The van der Waals surface area contributed by atoms with E-state index >= 15 is 0 Å². The van der Waals surface area contributed by atoms with E-state index in [1.807, 2.05) is 20.8 Å². The van der Waals surface area contributed by atoms with Crippen LogP contribution in [0.2, 0.25) is 0 Å². The molecule has 0 aliphatic carbocycles. The minimum Gasteiger partial charge on any atom is -0.423 e. The van der Waals surface area contributed by atoms with Crippen molar-refractivity contribution in [2.45, 2.75) is 34.1 Å². The number of carbonyl (C=O) groups excluding carboxylic acids is 3.